The Kier molecular flexibility index (Phi) is 24.9. The number of nitriles is 1. The van der Waals surface area contributed by atoms with E-state index in [9.17, 15) is 54.4 Å². The highest BCUT2D eigenvalue weighted by molar-refractivity contribution is 7.44. The Morgan fingerprint density at radius 3 is 1.88 bits per heavy atom. The fourth-order valence-corrected chi connectivity index (χ4v) is 16.2. The molecule has 3 aliphatic carbocycles. The number of methoxy groups -OCH3 is 3. The zero-order valence-corrected chi connectivity index (χ0v) is 55.7. The van der Waals surface area contributed by atoms with Crippen molar-refractivity contribution in [3.8, 4) is 23.3 Å². The van der Waals surface area contributed by atoms with E-state index in [1.165, 1.54) is 10.5 Å². The Hall–Kier alpha value is -5.77. The number of rotatable bonds is 32. The Balaban J connectivity index is 0.923. The van der Waals surface area contributed by atoms with Crippen LogP contribution in [0.15, 0.2) is 97.1 Å². The van der Waals surface area contributed by atoms with Crippen LogP contribution in [0.1, 0.15) is 133 Å². The Labute approximate surface area is 546 Å². The highest BCUT2D eigenvalue weighted by atomic mass is 31.2. The Morgan fingerprint density at radius 1 is 0.702 bits per heavy atom. The standard InChI is InChI=1S/C69H88F9N4O11P/c1-45(2)82(46(3)4)94(92-40-15-35-79)93-59(60(87-9)44-91-65(49-17-11-10-12-18-49,50-20-24-52(85-7)25-21-50)51-22-26-53(86-8)27-23-51)43-80-42-47(5)62(83)81(63(80)84)36-13-14-37-88-54-28-30-55-48(41-54)19-29-57-56(55)33-34-64(6)58(57)31-32-61(64)89-38-16-39-90-66(67(70,71)72,68(73,74)75)69(76,77)78/h10-12,17-18,20-28,30,41,45-47,56-61H,13-16,19,29,31-34,36-40,42-44H2,1-9H3/t47?,56?,57?,58?,59-,60?,61?,64?,94?/m1/s1. The Bertz CT molecular complexity index is 3050. The quantitative estimate of drug-likeness (QED) is 0.0198. The number of hydrogen-bond donors (Lipinski definition) is 0. The second kappa shape index (κ2) is 31.6. The monoisotopic (exact) mass is 1350 g/mol. The summed E-state index contributed by atoms with van der Waals surface area (Å²) in [6, 6.07) is 32.8. The van der Waals surface area contributed by atoms with Crippen molar-refractivity contribution in [2.45, 2.75) is 172 Å². The van der Waals surface area contributed by atoms with Gasteiger partial charge >= 0.3 is 30.2 Å². The number of imide groups is 1. The van der Waals surface area contributed by atoms with E-state index in [2.05, 4.69) is 34.5 Å². The molecule has 0 radical (unpaired) electrons. The molecule has 0 bridgehead atoms. The van der Waals surface area contributed by atoms with Crippen molar-refractivity contribution in [1.82, 2.24) is 14.5 Å². The van der Waals surface area contributed by atoms with E-state index < -0.39 is 75.4 Å². The van der Waals surface area contributed by atoms with E-state index in [1.807, 2.05) is 113 Å². The van der Waals surface area contributed by atoms with Gasteiger partial charge in [0.25, 0.3) is 8.53 Å². The van der Waals surface area contributed by atoms with Crippen LogP contribution >= 0.6 is 8.53 Å². The first kappa shape index (κ1) is 74.0. The average molecular weight is 1350 g/mol. The van der Waals surface area contributed by atoms with Crippen molar-refractivity contribution >= 4 is 20.5 Å². The fraction of sp³-hybridized carbons (Fsp3) is 0.609. The summed E-state index contributed by atoms with van der Waals surface area (Å²) in [4.78, 5) is 31.8. The summed E-state index contributed by atoms with van der Waals surface area (Å²) in [5, 5.41) is 9.60. The number of carbonyl (C=O) groups is 2. The molecule has 0 aromatic heterocycles. The van der Waals surface area contributed by atoms with Crippen molar-refractivity contribution in [3.05, 3.63) is 125 Å². The molecular formula is C69H88F9N4O11P. The summed E-state index contributed by atoms with van der Waals surface area (Å²) in [6.45, 7) is 10.7. The summed E-state index contributed by atoms with van der Waals surface area (Å²) >= 11 is 0. The molecule has 8 rings (SSSR count). The summed E-state index contributed by atoms with van der Waals surface area (Å²) < 4.78 is 177. The molecule has 0 N–H and O–H groups in total. The lowest BCUT2D eigenvalue weighted by Gasteiger charge is -2.50. The van der Waals surface area contributed by atoms with Crippen molar-refractivity contribution in [1.29, 1.82) is 5.26 Å². The number of aryl methyl sites for hydroxylation is 1. The van der Waals surface area contributed by atoms with Crippen LogP contribution in [-0.4, -0.2) is 155 Å². The summed E-state index contributed by atoms with van der Waals surface area (Å²) in [5.41, 5.74) is -3.13. The molecule has 1 saturated heterocycles. The van der Waals surface area contributed by atoms with Gasteiger partial charge in [-0.25, -0.2) is 9.46 Å². The molecule has 8 unspecified atom stereocenters. The molecule has 25 heteroatoms. The minimum atomic E-state index is -6.79. The zero-order chi connectivity index (χ0) is 68.4. The van der Waals surface area contributed by atoms with Gasteiger partial charge in [0.1, 0.15) is 35.1 Å². The number of halogens is 9. The molecule has 518 valence electrons. The van der Waals surface area contributed by atoms with E-state index in [0.29, 0.717) is 43.1 Å². The van der Waals surface area contributed by atoms with Crippen molar-refractivity contribution in [2.75, 3.05) is 74.0 Å². The van der Waals surface area contributed by atoms with Crippen LogP contribution in [0.3, 0.4) is 0 Å². The highest BCUT2D eigenvalue weighted by Crippen LogP contribution is 2.62. The lowest BCUT2D eigenvalue weighted by molar-refractivity contribution is -0.457. The van der Waals surface area contributed by atoms with Crippen molar-refractivity contribution in [3.63, 3.8) is 0 Å². The maximum absolute atomic E-state index is 14.8. The van der Waals surface area contributed by atoms with Crippen molar-refractivity contribution in [2.24, 2.45) is 23.2 Å². The molecular weight excluding hydrogens is 1260 g/mol. The minimum Gasteiger partial charge on any atom is -0.497 e. The van der Waals surface area contributed by atoms with Gasteiger partial charge in [0.15, 0.2) is 0 Å². The van der Waals surface area contributed by atoms with Gasteiger partial charge in [-0.2, -0.15) is 44.8 Å². The number of alkyl halides is 9. The molecule has 3 fully saturated rings. The van der Waals surface area contributed by atoms with Gasteiger partial charge in [0.2, 0.25) is 5.91 Å². The van der Waals surface area contributed by atoms with Gasteiger partial charge in [-0.05, 0) is 173 Å². The van der Waals surface area contributed by atoms with Crippen LogP contribution in [0.25, 0.3) is 0 Å². The lowest BCUT2D eigenvalue weighted by Crippen LogP contribution is -2.67. The topological polar surface area (TPSA) is 151 Å². The average Bonchev–Trinajstić information content (AvgIpc) is 1.09. The molecule has 94 heavy (non-hydrogen) atoms. The molecule has 1 aliphatic heterocycles. The van der Waals surface area contributed by atoms with Gasteiger partial charge in [0.05, 0.1) is 71.7 Å². The van der Waals surface area contributed by atoms with Gasteiger partial charge in [0, 0.05) is 38.9 Å². The number of carbonyl (C=O) groups excluding carboxylic acids is 2. The number of ether oxygens (including phenoxy) is 7. The summed E-state index contributed by atoms with van der Waals surface area (Å²) in [6.07, 6.45) is -17.5. The lowest BCUT2D eigenvalue weighted by atomic mass is 9.55. The summed E-state index contributed by atoms with van der Waals surface area (Å²) in [5.74, 6) is 1.84. The number of hydrogen-bond acceptors (Lipinski definition) is 13. The smallest absolute Gasteiger partial charge is 0.435 e. The number of urea groups is 1. The summed E-state index contributed by atoms with van der Waals surface area (Å²) in [7, 11) is 2.88. The molecule has 15 nitrogen and oxygen atoms in total. The third-order valence-corrected chi connectivity index (χ3v) is 21.3. The normalized spacial score (nSPS) is 22.2. The number of benzene rings is 4. The van der Waals surface area contributed by atoms with E-state index in [1.54, 1.807) is 33.2 Å². The van der Waals surface area contributed by atoms with Crippen LogP contribution in [0, 0.1) is 34.5 Å². The van der Waals surface area contributed by atoms with Crippen molar-refractivity contribution < 1.29 is 91.3 Å². The van der Waals surface area contributed by atoms with E-state index in [-0.39, 0.29) is 93.1 Å². The first-order chi connectivity index (χ1) is 44.6. The largest absolute Gasteiger partial charge is 0.497 e. The van der Waals surface area contributed by atoms with E-state index in [4.69, 9.17) is 37.5 Å². The first-order valence-corrected chi connectivity index (χ1v) is 33.3. The second-order valence-electron chi connectivity index (χ2n) is 25.5. The molecule has 4 aromatic rings. The maximum atomic E-state index is 14.8. The van der Waals surface area contributed by atoms with Gasteiger partial charge < -0.3 is 47.1 Å². The number of fused-ring (bicyclic) bond motifs is 5. The molecule has 4 aromatic carbocycles. The first-order valence-electron chi connectivity index (χ1n) is 32.2. The van der Waals surface area contributed by atoms with E-state index >= 15 is 0 Å². The molecule has 1 heterocycles. The molecule has 2 saturated carbocycles. The molecule has 4 aliphatic rings. The fourth-order valence-electron chi connectivity index (χ4n) is 14.5. The number of nitrogens with zero attached hydrogens (tertiary/aromatic N) is 4. The predicted octanol–water partition coefficient (Wildman–Crippen LogP) is 15.5. The maximum Gasteiger partial charge on any atom is 0.435 e. The van der Waals surface area contributed by atoms with Crippen LogP contribution < -0.4 is 14.2 Å². The molecule has 9 atom stereocenters. The molecule has 0 spiro atoms. The SMILES string of the molecule is COc1ccc(C(OCC(OC)[C@@H](CN2CC(C)C(=O)N(CCCCOc3ccc4c(c3)CCC3C4CCC4(C)C(OCCCOC(C(F)(F)F)(C(F)(F)F)C(F)(F)F)CCC34)C2=O)OP(OCCC#N)N(C(C)C)C(C)C)(c2ccccc2)c2ccc(OC)cc2)cc1. The van der Waals surface area contributed by atoms with Gasteiger partial charge in [-0.3, -0.25) is 9.69 Å². The van der Waals surface area contributed by atoms with Crippen LogP contribution in [0.4, 0.5) is 44.3 Å². The third kappa shape index (κ3) is 15.9. The Morgan fingerprint density at radius 2 is 1.31 bits per heavy atom. The van der Waals surface area contributed by atoms with Gasteiger partial charge in [-0.1, -0.05) is 74.5 Å². The predicted molar refractivity (Wildman–Crippen MR) is 334 cm³/mol. The van der Waals surface area contributed by atoms with Crippen LogP contribution in [-0.2, 0) is 44.8 Å². The highest BCUT2D eigenvalue weighted by Gasteiger charge is 2.85. The van der Waals surface area contributed by atoms with Crippen LogP contribution in [0.2, 0.25) is 0 Å². The van der Waals surface area contributed by atoms with Crippen LogP contribution in [0.5, 0.6) is 17.2 Å². The number of amides is 3. The van der Waals surface area contributed by atoms with E-state index in [0.717, 1.165) is 54.4 Å². The minimum absolute atomic E-state index is 0.0186. The zero-order valence-electron chi connectivity index (χ0n) is 54.8. The molecule has 3 amide bonds. The second-order valence-corrected chi connectivity index (χ2v) is 27.0. The third-order valence-electron chi connectivity index (χ3n) is 19.1. The van der Waals surface area contributed by atoms with Gasteiger partial charge in [-0.15, -0.1) is 0 Å². The number of unbranched alkanes of at least 4 members (excludes halogenated alkanes) is 1.